The first kappa shape index (κ1) is 24.1. The van der Waals surface area contributed by atoms with Gasteiger partial charge in [-0.15, -0.1) is 11.3 Å². The lowest BCUT2D eigenvalue weighted by Crippen LogP contribution is -2.40. The number of ether oxygens (including phenoxy) is 1. The number of likely N-dealkylation sites (tertiary alicyclic amines) is 1. The summed E-state index contributed by atoms with van der Waals surface area (Å²) in [5.41, 5.74) is 1.66. The predicted molar refractivity (Wildman–Crippen MR) is 133 cm³/mol. The van der Waals surface area contributed by atoms with Crippen LogP contribution in [0.2, 0.25) is 0 Å². The summed E-state index contributed by atoms with van der Waals surface area (Å²) in [5.74, 6) is -0.211. The molecule has 1 spiro atoms. The lowest BCUT2D eigenvalue weighted by molar-refractivity contribution is -0.139. The van der Waals surface area contributed by atoms with Crippen LogP contribution in [0.4, 0.5) is 4.39 Å². The zero-order chi connectivity index (χ0) is 24.6. The summed E-state index contributed by atoms with van der Waals surface area (Å²) >= 11 is 4.89. The highest BCUT2D eigenvalue weighted by molar-refractivity contribution is 9.10. The van der Waals surface area contributed by atoms with Crippen molar-refractivity contribution in [2.45, 2.75) is 25.8 Å². The molecule has 184 valence electrons. The van der Waals surface area contributed by atoms with Crippen LogP contribution in [-0.2, 0) is 14.3 Å². The normalized spacial score (nSPS) is 24.5. The number of halogens is 2. The Balaban J connectivity index is 1.54. The van der Waals surface area contributed by atoms with Crippen molar-refractivity contribution in [3.63, 3.8) is 0 Å². The summed E-state index contributed by atoms with van der Waals surface area (Å²) in [4.78, 5) is 36.6. The Hall–Kier alpha value is -2.63. The summed E-state index contributed by atoms with van der Waals surface area (Å²) in [5, 5.41) is 8.86. The highest BCUT2D eigenvalue weighted by Gasteiger charge is 2.44. The molecule has 2 fully saturated rings. The highest BCUT2D eigenvalue weighted by atomic mass is 79.9. The van der Waals surface area contributed by atoms with E-state index in [1.54, 1.807) is 19.2 Å². The number of hydrogen-bond acceptors (Lipinski definition) is 8. The van der Waals surface area contributed by atoms with Gasteiger partial charge in [0.1, 0.15) is 11.9 Å². The van der Waals surface area contributed by atoms with E-state index in [-0.39, 0.29) is 23.7 Å². The van der Waals surface area contributed by atoms with Gasteiger partial charge in [-0.3, -0.25) is 14.7 Å². The fraction of sp³-hybridized carbons (Fsp3) is 0.417. The molecule has 2 aromatic rings. The van der Waals surface area contributed by atoms with Crippen LogP contribution >= 0.6 is 27.3 Å². The molecule has 1 amide bonds. The van der Waals surface area contributed by atoms with Gasteiger partial charge in [-0.05, 0) is 37.6 Å². The second kappa shape index (κ2) is 9.79. The first-order chi connectivity index (χ1) is 16.9. The molecule has 2 atom stereocenters. The van der Waals surface area contributed by atoms with Crippen molar-refractivity contribution in [3.05, 3.63) is 61.9 Å². The number of aliphatic imine (C=N–C) groups is 1. The molecule has 5 rings (SSSR count). The van der Waals surface area contributed by atoms with Gasteiger partial charge in [0, 0.05) is 53.2 Å². The molecule has 1 aromatic carbocycles. The minimum atomic E-state index is -0.703. The third kappa shape index (κ3) is 4.89. The summed E-state index contributed by atoms with van der Waals surface area (Å²) < 4.78 is 19.8. The molecule has 1 aromatic heterocycles. The Kier molecular flexibility index (Phi) is 6.73. The Morgan fingerprint density at radius 2 is 2.29 bits per heavy atom. The number of esters is 1. The minimum absolute atomic E-state index is 0.0674. The van der Waals surface area contributed by atoms with Gasteiger partial charge >= 0.3 is 5.97 Å². The molecule has 2 saturated heterocycles. The first-order valence-corrected chi connectivity index (χ1v) is 13.1. The number of amides is 1. The van der Waals surface area contributed by atoms with E-state index in [2.05, 4.69) is 36.4 Å². The van der Waals surface area contributed by atoms with Crippen LogP contribution in [-0.4, -0.2) is 60.4 Å². The molecule has 8 nitrogen and oxygen atoms in total. The van der Waals surface area contributed by atoms with Gasteiger partial charge in [0.2, 0.25) is 5.91 Å². The van der Waals surface area contributed by atoms with Crippen molar-refractivity contribution in [1.82, 2.24) is 20.5 Å². The van der Waals surface area contributed by atoms with Crippen molar-refractivity contribution in [2.75, 3.05) is 32.8 Å². The lowest BCUT2D eigenvalue weighted by Gasteiger charge is -2.30. The van der Waals surface area contributed by atoms with E-state index in [0.29, 0.717) is 51.7 Å². The standard InChI is InChI=1S/C24H25BrFN5O3S/c1-2-34-23(33)19-17(11-31-7-5-24(13-31)10-18(32)28-12-24)29-21(22-27-6-8-35-22)30-20(19)15-4-3-14(26)9-16(15)25/h3-4,6,8-9,20H,2,5,7,10-13H2,1H3,(H,28,32)(H,29,30). The smallest absolute Gasteiger partial charge is 0.338 e. The number of benzene rings is 1. The van der Waals surface area contributed by atoms with Gasteiger partial charge < -0.3 is 15.4 Å². The maximum atomic E-state index is 13.9. The number of amidine groups is 1. The van der Waals surface area contributed by atoms with Crippen LogP contribution in [0.25, 0.3) is 0 Å². The number of aromatic nitrogens is 1. The Morgan fingerprint density at radius 3 is 2.97 bits per heavy atom. The van der Waals surface area contributed by atoms with Crippen LogP contribution in [0.1, 0.15) is 36.4 Å². The van der Waals surface area contributed by atoms with Crippen LogP contribution < -0.4 is 10.6 Å². The SMILES string of the molecule is CCOC(=O)C1=C(CN2CCC3(CNC(=O)C3)C2)NC(c2nccs2)=NC1c1ccc(F)cc1Br. The number of nitrogens with one attached hydrogen (secondary N) is 2. The summed E-state index contributed by atoms with van der Waals surface area (Å²) in [6.07, 6.45) is 3.14. The third-order valence-electron chi connectivity index (χ3n) is 6.61. The number of thiazole rings is 1. The zero-order valence-electron chi connectivity index (χ0n) is 19.1. The number of carbonyl (C=O) groups is 2. The summed E-state index contributed by atoms with van der Waals surface area (Å²) in [6.45, 7) is 4.68. The van der Waals surface area contributed by atoms with Crippen LogP contribution in [0, 0.1) is 11.2 Å². The van der Waals surface area contributed by atoms with Gasteiger partial charge in [0.15, 0.2) is 10.8 Å². The Morgan fingerprint density at radius 1 is 1.43 bits per heavy atom. The van der Waals surface area contributed by atoms with Crippen molar-refractivity contribution < 1.29 is 18.7 Å². The van der Waals surface area contributed by atoms with Crippen molar-refractivity contribution in [1.29, 1.82) is 0 Å². The fourth-order valence-corrected chi connectivity index (χ4v) is 6.15. The summed E-state index contributed by atoms with van der Waals surface area (Å²) in [6, 6.07) is 3.66. The average molecular weight is 562 g/mol. The maximum absolute atomic E-state index is 13.9. The monoisotopic (exact) mass is 561 g/mol. The number of carbonyl (C=O) groups excluding carboxylic acids is 2. The molecule has 0 saturated carbocycles. The van der Waals surface area contributed by atoms with E-state index >= 15 is 0 Å². The molecule has 0 aliphatic carbocycles. The van der Waals surface area contributed by atoms with Crippen molar-refractivity contribution >= 4 is 45.0 Å². The van der Waals surface area contributed by atoms with Gasteiger partial charge in [-0.1, -0.05) is 22.0 Å². The van der Waals surface area contributed by atoms with Gasteiger partial charge in [0.25, 0.3) is 0 Å². The lowest BCUT2D eigenvalue weighted by atomic mass is 9.86. The summed E-state index contributed by atoms with van der Waals surface area (Å²) in [7, 11) is 0. The van der Waals surface area contributed by atoms with E-state index in [1.807, 2.05) is 5.38 Å². The molecular weight excluding hydrogens is 537 g/mol. The molecule has 0 radical (unpaired) electrons. The topological polar surface area (TPSA) is 95.9 Å². The van der Waals surface area contributed by atoms with E-state index in [9.17, 15) is 14.0 Å². The molecule has 4 heterocycles. The molecule has 3 aliphatic rings. The van der Waals surface area contributed by atoms with Crippen LogP contribution in [0.15, 0.2) is 50.5 Å². The third-order valence-corrected chi connectivity index (χ3v) is 8.08. The van der Waals surface area contributed by atoms with Gasteiger partial charge in [-0.25, -0.2) is 14.2 Å². The average Bonchev–Trinajstić information content (AvgIpc) is 3.56. The molecule has 3 aliphatic heterocycles. The number of rotatable bonds is 6. The van der Waals surface area contributed by atoms with Crippen LogP contribution in [0.3, 0.4) is 0 Å². The zero-order valence-corrected chi connectivity index (χ0v) is 21.5. The van der Waals surface area contributed by atoms with E-state index in [1.165, 1.54) is 23.5 Å². The molecule has 2 N–H and O–H groups in total. The Bertz CT molecular complexity index is 1220. The molecular formula is C24H25BrFN5O3S. The van der Waals surface area contributed by atoms with Crippen molar-refractivity contribution in [3.8, 4) is 0 Å². The predicted octanol–water partition coefficient (Wildman–Crippen LogP) is 3.17. The number of hydrogen-bond donors (Lipinski definition) is 2. The van der Waals surface area contributed by atoms with Gasteiger partial charge in [-0.2, -0.15) is 0 Å². The number of nitrogens with zero attached hydrogens (tertiary/aromatic N) is 3. The fourth-order valence-electron chi connectivity index (χ4n) is 4.99. The molecule has 0 bridgehead atoms. The second-order valence-electron chi connectivity index (χ2n) is 9.04. The molecule has 35 heavy (non-hydrogen) atoms. The van der Waals surface area contributed by atoms with Crippen molar-refractivity contribution in [2.24, 2.45) is 10.4 Å². The van der Waals surface area contributed by atoms with Gasteiger partial charge in [0.05, 0.1) is 12.2 Å². The maximum Gasteiger partial charge on any atom is 0.338 e. The highest BCUT2D eigenvalue weighted by Crippen LogP contribution is 2.39. The second-order valence-corrected chi connectivity index (χ2v) is 10.8. The van der Waals surface area contributed by atoms with E-state index in [0.717, 1.165) is 19.5 Å². The van der Waals surface area contributed by atoms with Crippen LogP contribution in [0.5, 0.6) is 0 Å². The van der Waals surface area contributed by atoms with E-state index < -0.39 is 12.0 Å². The molecule has 11 heteroatoms. The van der Waals surface area contributed by atoms with E-state index in [4.69, 9.17) is 9.73 Å². The first-order valence-electron chi connectivity index (χ1n) is 11.5. The quantitative estimate of drug-likeness (QED) is 0.526. The largest absolute Gasteiger partial charge is 0.463 e. The Labute approximate surface area is 214 Å². The molecule has 2 unspecified atom stereocenters. The minimum Gasteiger partial charge on any atom is -0.463 e.